The molecule has 1 heterocycles. The third-order valence-corrected chi connectivity index (χ3v) is 7.45. The first-order valence-corrected chi connectivity index (χ1v) is 10.1. The van der Waals surface area contributed by atoms with Crippen molar-refractivity contribution in [3.63, 3.8) is 0 Å². The van der Waals surface area contributed by atoms with Gasteiger partial charge in [-0.25, -0.2) is 0 Å². The van der Waals surface area contributed by atoms with Gasteiger partial charge in [-0.15, -0.1) is 0 Å². The van der Waals surface area contributed by atoms with Crippen molar-refractivity contribution < 1.29 is 4.79 Å². The van der Waals surface area contributed by atoms with Crippen LogP contribution in [0.1, 0.15) is 65.2 Å². The second kappa shape index (κ2) is 6.06. The first kappa shape index (κ1) is 15.9. The molecule has 5 aliphatic rings. The Bertz CT molecular complexity index is 415. The van der Waals surface area contributed by atoms with Crippen molar-refractivity contribution in [2.75, 3.05) is 19.6 Å². The predicted molar refractivity (Wildman–Crippen MR) is 93.0 cm³/mol. The van der Waals surface area contributed by atoms with Crippen molar-refractivity contribution >= 4 is 5.91 Å². The number of hydrogen-bond donors (Lipinski definition) is 1. The molecule has 130 valence electrons. The molecule has 5 rings (SSSR count). The second-order valence-electron chi connectivity index (χ2n) is 9.48. The normalized spacial score (nSPS) is 40.7. The quantitative estimate of drug-likeness (QED) is 0.861. The molecular formula is C20H34N2O. The summed E-state index contributed by atoms with van der Waals surface area (Å²) < 4.78 is 0. The van der Waals surface area contributed by atoms with E-state index >= 15 is 0 Å². The molecular weight excluding hydrogens is 284 g/mol. The lowest BCUT2D eigenvalue weighted by Crippen LogP contribution is -2.54. The molecule has 4 aliphatic carbocycles. The van der Waals surface area contributed by atoms with Crippen LogP contribution < -0.4 is 5.32 Å². The van der Waals surface area contributed by atoms with Gasteiger partial charge >= 0.3 is 0 Å². The van der Waals surface area contributed by atoms with E-state index in [1.807, 2.05) is 0 Å². The molecule has 4 bridgehead atoms. The van der Waals surface area contributed by atoms with E-state index in [0.29, 0.717) is 17.9 Å². The lowest BCUT2D eigenvalue weighted by molar-refractivity contribution is -0.146. The van der Waals surface area contributed by atoms with E-state index in [2.05, 4.69) is 24.1 Å². The molecule has 4 saturated carbocycles. The van der Waals surface area contributed by atoms with Crippen LogP contribution in [0.25, 0.3) is 0 Å². The average molecular weight is 319 g/mol. The number of amides is 1. The summed E-state index contributed by atoms with van der Waals surface area (Å²) in [6.45, 7) is 7.90. The van der Waals surface area contributed by atoms with E-state index < -0.39 is 0 Å². The number of likely N-dealkylation sites (tertiary alicyclic amines) is 1. The number of nitrogens with zero attached hydrogens (tertiary/aromatic N) is 1. The van der Waals surface area contributed by atoms with Gasteiger partial charge in [0.15, 0.2) is 0 Å². The highest BCUT2D eigenvalue weighted by molar-refractivity contribution is 5.83. The van der Waals surface area contributed by atoms with Crippen LogP contribution in [-0.2, 0) is 4.79 Å². The minimum absolute atomic E-state index is 0.0351. The first-order chi connectivity index (χ1) is 11.0. The lowest BCUT2D eigenvalue weighted by Gasteiger charge is -2.55. The minimum Gasteiger partial charge on any atom is -0.355 e. The fourth-order valence-electron chi connectivity index (χ4n) is 6.49. The maximum absolute atomic E-state index is 13.0. The summed E-state index contributed by atoms with van der Waals surface area (Å²) in [6, 6.07) is 0.664. The SMILES string of the molecule is CC(C)N1CCC(CNC(=O)C23CC4CC(CC(C4)C2)C3)CC1. The molecule has 1 aliphatic heterocycles. The molecule has 3 heteroatoms. The molecule has 1 amide bonds. The Kier molecular flexibility index (Phi) is 4.19. The van der Waals surface area contributed by atoms with Gasteiger partial charge in [-0.3, -0.25) is 4.79 Å². The average Bonchev–Trinajstić information content (AvgIpc) is 2.51. The predicted octanol–water partition coefficient (Wildman–Crippen LogP) is 3.44. The summed E-state index contributed by atoms with van der Waals surface area (Å²) in [6.07, 6.45) is 10.3. The van der Waals surface area contributed by atoms with Crippen LogP contribution in [0.4, 0.5) is 0 Å². The van der Waals surface area contributed by atoms with Crippen molar-refractivity contribution in [2.45, 2.75) is 71.3 Å². The second-order valence-corrected chi connectivity index (χ2v) is 9.48. The minimum atomic E-state index is 0.0351. The van der Waals surface area contributed by atoms with Crippen LogP contribution in [0.3, 0.4) is 0 Å². The van der Waals surface area contributed by atoms with Gasteiger partial charge in [0.25, 0.3) is 0 Å². The molecule has 3 nitrogen and oxygen atoms in total. The Morgan fingerprint density at radius 3 is 2.04 bits per heavy atom. The number of nitrogens with one attached hydrogen (secondary N) is 1. The van der Waals surface area contributed by atoms with Crippen molar-refractivity contribution in [1.29, 1.82) is 0 Å². The van der Waals surface area contributed by atoms with E-state index in [1.54, 1.807) is 0 Å². The van der Waals surface area contributed by atoms with Crippen molar-refractivity contribution in [2.24, 2.45) is 29.1 Å². The van der Waals surface area contributed by atoms with E-state index in [1.165, 1.54) is 64.5 Å². The highest BCUT2D eigenvalue weighted by atomic mass is 16.2. The Hall–Kier alpha value is -0.570. The fourth-order valence-corrected chi connectivity index (χ4v) is 6.49. The van der Waals surface area contributed by atoms with Crippen molar-refractivity contribution in [3.8, 4) is 0 Å². The van der Waals surface area contributed by atoms with E-state index in [0.717, 1.165) is 24.3 Å². The molecule has 1 N–H and O–H groups in total. The van der Waals surface area contributed by atoms with Crippen molar-refractivity contribution in [1.82, 2.24) is 10.2 Å². The van der Waals surface area contributed by atoms with Gasteiger partial charge in [-0.1, -0.05) is 0 Å². The van der Waals surface area contributed by atoms with Crippen LogP contribution in [-0.4, -0.2) is 36.5 Å². The smallest absolute Gasteiger partial charge is 0.226 e. The molecule has 1 saturated heterocycles. The Morgan fingerprint density at radius 2 is 1.57 bits per heavy atom. The van der Waals surface area contributed by atoms with Gasteiger partial charge in [-0.2, -0.15) is 0 Å². The maximum Gasteiger partial charge on any atom is 0.226 e. The number of carbonyl (C=O) groups excluding carboxylic acids is 1. The van der Waals surface area contributed by atoms with Gasteiger partial charge in [0.2, 0.25) is 5.91 Å². The zero-order valence-electron chi connectivity index (χ0n) is 15.0. The summed E-state index contributed by atoms with van der Waals surface area (Å²) in [5.41, 5.74) is 0.0351. The third kappa shape index (κ3) is 3.06. The molecule has 0 atom stereocenters. The molecule has 0 spiro atoms. The maximum atomic E-state index is 13.0. The van der Waals surface area contributed by atoms with E-state index in [-0.39, 0.29) is 5.41 Å². The highest BCUT2D eigenvalue weighted by Crippen LogP contribution is 2.60. The van der Waals surface area contributed by atoms with Crippen LogP contribution in [0.15, 0.2) is 0 Å². The van der Waals surface area contributed by atoms with Crippen LogP contribution in [0.5, 0.6) is 0 Å². The largest absolute Gasteiger partial charge is 0.355 e. The molecule has 0 radical (unpaired) electrons. The third-order valence-electron chi connectivity index (χ3n) is 7.45. The van der Waals surface area contributed by atoms with Crippen LogP contribution in [0, 0.1) is 29.1 Å². The van der Waals surface area contributed by atoms with E-state index in [9.17, 15) is 4.79 Å². The Labute approximate surface area is 141 Å². The molecule has 0 aromatic heterocycles. The zero-order valence-corrected chi connectivity index (χ0v) is 15.0. The zero-order chi connectivity index (χ0) is 16.0. The summed E-state index contributed by atoms with van der Waals surface area (Å²) >= 11 is 0. The molecule has 0 unspecified atom stereocenters. The lowest BCUT2D eigenvalue weighted by atomic mass is 9.49. The van der Waals surface area contributed by atoms with Gasteiger partial charge in [-0.05, 0) is 102 Å². The summed E-state index contributed by atoms with van der Waals surface area (Å²) in [4.78, 5) is 15.6. The van der Waals surface area contributed by atoms with Gasteiger partial charge in [0, 0.05) is 18.0 Å². The molecule has 5 fully saturated rings. The van der Waals surface area contributed by atoms with Gasteiger partial charge in [0.1, 0.15) is 0 Å². The monoisotopic (exact) mass is 318 g/mol. The van der Waals surface area contributed by atoms with Crippen molar-refractivity contribution in [3.05, 3.63) is 0 Å². The summed E-state index contributed by atoms with van der Waals surface area (Å²) in [7, 11) is 0. The molecule has 23 heavy (non-hydrogen) atoms. The first-order valence-electron chi connectivity index (χ1n) is 10.1. The summed E-state index contributed by atoms with van der Waals surface area (Å²) in [5.74, 6) is 3.70. The molecule has 0 aromatic rings. The van der Waals surface area contributed by atoms with Gasteiger partial charge in [0.05, 0.1) is 0 Å². The standard InChI is InChI=1S/C20H34N2O/c1-14(2)22-5-3-15(4-6-22)13-21-19(23)20-10-16-7-17(11-20)9-18(8-16)12-20/h14-18H,3-13H2,1-2H3,(H,21,23). The van der Waals surface area contributed by atoms with E-state index in [4.69, 9.17) is 0 Å². The van der Waals surface area contributed by atoms with Crippen LogP contribution >= 0.6 is 0 Å². The fraction of sp³-hybridized carbons (Fsp3) is 0.950. The number of rotatable bonds is 4. The summed E-state index contributed by atoms with van der Waals surface area (Å²) in [5, 5.41) is 3.40. The highest BCUT2D eigenvalue weighted by Gasteiger charge is 2.54. The Balaban J connectivity index is 1.29. The number of piperidine rings is 1. The number of carbonyl (C=O) groups is 1. The topological polar surface area (TPSA) is 32.3 Å². The van der Waals surface area contributed by atoms with Crippen LogP contribution in [0.2, 0.25) is 0 Å². The van der Waals surface area contributed by atoms with Gasteiger partial charge < -0.3 is 10.2 Å². The Morgan fingerprint density at radius 1 is 1.04 bits per heavy atom. The molecule has 0 aromatic carbocycles. The number of hydrogen-bond acceptors (Lipinski definition) is 2.